The van der Waals surface area contributed by atoms with Gasteiger partial charge in [-0.15, -0.1) is 5.12 Å². The molecule has 1 aromatic rings. The van der Waals surface area contributed by atoms with Crippen LogP contribution in [0.1, 0.15) is 37.3 Å². The van der Waals surface area contributed by atoms with E-state index in [1.165, 1.54) is 30.4 Å². The molecule has 0 atom stereocenters. The number of unbranched alkanes of at least 4 members (excludes halogenated alkanes) is 2. The van der Waals surface area contributed by atoms with E-state index in [1.54, 1.807) is 0 Å². The maximum atomic E-state index is 3.37. The van der Waals surface area contributed by atoms with E-state index in [4.69, 9.17) is 0 Å². The maximum absolute atomic E-state index is 3.37. The maximum Gasteiger partial charge on any atom is 0.0751 e. The molecule has 1 aliphatic heterocycles. The minimum atomic E-state index is 1.03. The van der Waals surface area contributed by atoms with Crippen molar-refractivity contribution in [1.29, 1.82) is 0 Å². The molecular weight excluding hydrogens is 210 g/mol. The first-order valence-corrected chi connectivity index (χ1v) is 6.37. The molecule has 92 valence electrons. The molecule has 1 aromatic carbocycles. The molecule has 3 nitrogen and oxygen atoms in total. The number of hydrazine groups is 2. The largest absolute Gasteiger partial charge is 0.307 e. The van der Waals surface area contributed by atoms with Crippen LogP contribution in [0, 0.1) is 6.92 Å². The Morgan fingerprint density at radius 2 is 1.88 bits per heavy atom. The SMILES string of the molecule is CCCCCN1NC=C(c2ccc(C)cc2)N1. The standard InChI is InChI=1S/C14H21N3/c1-3-4-5-10-17-15-11-14(16-17)13-8-6-12(2)7-9-13/h6-9,11,15-16H,3-5,10H2,1-2H3. The number of rotatable bonds is 5. The molecule has 0 saturated heterocycles. The van der Waals surface area contributed by atoms with Gasteiger partial charge in [-0.1, -0.05) is 49.6 Å². The van der Waals surface area contributed by atoms with Crippen LogP contribution in [0.5, 0.6) is 0 Å². The number of nitrogens with one attached hydrogen (secondary N) is 2. The van der Waals surface area contributed by atoms with Crippen LogP contribution in [-0.4, -0.2) is 11.7 Å². The van der Waals surface area contributed by atoms with Crippen molar-refractivity contribution in [3.8, 4) is 0 Å². The monoisotopic (exact) mass is 231 g/mol. The number of hydrogen-bond acceptors (Lipinski definition) is 3. The lowest BCUT2D eigenvalue weighted by molar-refractivity contribution is 0.192. The molecule has 3 heteroatoms. The van der Waals surface area contributed by atoms with Gasteiger partial charge >= 0.3 is 0 Å². The fourth-order valence-corrected chi connectivity index (χ4v) is 1.87. The quantitative estimate of drug-likeness (QED) is 0.763. The Labute approximate surface area is 103 Å². The van der Waals surface area contributed by atoms with E-state index in [2.05, 4.69) is 49.0 Å². The summed E-state index contributed by atoms with van der Waals surface area (Å²) in [6.07, 6.45) is 5.77. The fourth-order valence-electron chi connectivity index (χ4n) is 1.87. The zero-order valence-corrected chi connectivity index (χ0v) is 10.7. The Hall–Kier alpha value is -1.48. The van der Waals surface area contributed by atoms with Gasteiger partial charge in [0.05, 0.1) is 5.70 Å². The smallest absolute Gasteiger partial charge is 0.0751 e. The van der Waals surface area contributed by atoms with Gasteiger partial charge in [-0.2, -0.15) is 0 Å². The van der Waals surface area contributed by atoms with Crippen LogP contribution in [-0.2, 0) is 0 Å². The topological polar surface area (TPSA) is 27.3 Å². The number of hydrogen-bond donors (Lipinski definition) is 2. The van der Waals surface area contributed by atoms with E-state index in [0.717, 1.165) is 12.2 Å². The second kappa shape index (κ2) is 5.73. The van der Waals surface area contributed by atoms with Crippen molar-refractivity contribution in [2.24, 2.45) is 0 Å². The molecule has 2 N–H and O–H groups in total. The van der Waals surface area contributed by atoms with Crippen LogP contribution in [0.4, 0.5) is 0 Å². The van der Waals surface area contributed by atoms with E-state index in [1.807, 2.05) is 11.3 Å². The van der Waals surface area contributed by atoms with Crippen molar-refractivity contribution < 1.29 is 0 Å². The lowest BCUT2D eigenvalue weighted by Gasteiger charge is -2.17. The van der Waals surface area contributed by atoms with Crippen LogP contribution in [0.25, 0.3) is 5.70 Å². The third-order valence-electron chi connectivity index (χ3n) is 2.97. The summed E-state index contributed by atoms with van der Waals surface area (Å²) in [5.74, 6) is 0. The Morgan fingerprint density at radius 1 is 1.12 bits per heavy atom. The second-order valence-corrected chi connectivity index (χ2v) is 4.52. The summed E-state index contributed by atoms with van der Waals surface area (Å²) < 4.78 is 0. The predicted octanol–water partition coefficient (Wildman–Crippen LogP) is 2.81. The van der Waals surface area contributed by atoms with Gasteiger partial charge in [0.15, 0.2) is 0 Å². The summed E-state index contributed by atoms with van der Waals surface area (Å²) >= 11 is 0. The van der Waals surface area contributed by atoms with Crippen molar-refractivity contribution >= 4 is 5.70 Å². The van der Waals surface area contributed by atoms with Gasteiger partial charge in [-0.25, -0.2) is 0 Å². The first-order chi connectivity index (χ1) is 8.29. The van der Waals surface area contributed by atoms with Crippen molar-refractivity contribution in [2.45, 2.75) is 33.1 Å². The Morgan fingerprint density at radius 3 is 2.59 bits per heavy atom. The van der Waals surface area contributed by atoms with Crippen molar-refractivity contribution in [3.63, 3.8) is 0 Å². The Bertz CT molecular complexity index is 381. The molecular formula is C14H21N3. The van der Waals surface area contributed by atoms with E-state index in [0.29, 0.717) is 0 Å². The lowest BCUT2D eigenvalue weighted by Crippen LogP contribution is -2.39. The van der Waals surface area contributed by atoms with Crippen molar-refractivity contribution in [1.82, 2.24) is 16.0 Å². The van der Waals surface area contributed by atoms with Gasteiger partial charge in [-0.05, 0) is 13.3 Å². The average molecular weight is 231 g/mol. The summed E-state index contributed by atoms with van der Waals surface area (Å²) in [6.45, 7) is 5.36. The molecule has 17 heavy (non-hydrogen) atoms. The molecule has 0 aliphatic carbocycles. The summed E-state index contributed by atoms with van der Waals surface area (Å²) in [7, 11) is 0. The zero-order valence-electron chi connectivity index (χ0n) is 10.7. The third kappa shape index (κ3) is 3.24. The van der Waals surface area contributed by atoms with E-state index < -0.39 is 0 Å². The van der Waals surface area contributed by atoms with E-state index >= 15 is 0 Å². The highest BCUT2D eigenvalue weighted by molar-refractivity contribution is 5.64. The first kappa shape index (κ1) is 12.0. The van der Waals surface area contributed by atoms with Gasteiger partial charge in [0, 0.05) is 18.3 Å². The normalized spacial score (nSPS) is 15.3. The summed E-state index contributed by atoms with van der Waals surface area (Å²) in [4.78, 5) is 0. The molecule has 0 saturated carbocycles. The van der Waals surface area contributed by atoms with Gasteiger partial charge in [0.25, 0.3) is 0 Å². The molecule has 0 bridgehead atoms. The fraction of sp³-hybridized carbons (Fsp3) is 0.429. The Kier molecular flexibility index (Phi) is 4.04. The van der Waals surface area contributed by atoms with Crippen LogP contribution >= 0.6 is 0 Å². The van der Waals surface area contributed by atoms with E-state index in [9.17, 15) is 0 Å². The first-order valence-electron chi connectivity index (χ1n) is 6.37. The molecule has 2 rings (SSSR count). The number of benzene rings is 1. The van der Waals surface area contributed by atoms with Gasteiger partial charge in [0.2, 0.25) is 0 Å². The van der Waals surface area contributed by atoms with E-state index in [-0.39, 0.29) is 0 Å². The molecule has 0 spiro atoms. The Balaban J connectivity index is 1.86. The van der Waals surface area contributed by atoms with Gasteiger partial charge in [-0.3, -0.25) is 5.43 Å². The van der Waals surface area contributed by atoms with Crippen LogP contribution < -0.4 is 10.9 Å². The summed E-state index contributed by atoms with van der Waals surface area (Å²) in [6, 6.07) is 8.56. The highest BCUT2D eigenvalue weighted by Crippen LogP contribution is 2.15. The minimum Gasteiger partial charge on any atom is -0.307 e. The van der Waals surface area contributed by atoms with Gasteiger partial charge in [0.1, 0.15) is 0 Å². The molecule has 0 radical (unpaired) electrons. The molecule has 0 fully saturated rings. The van der Waals surface area contributed by atoms with Crippen molar-refractivity contribution in [3.05, 3.63) is 41.6 Å². The molecule has 1 heterocycles. The van der Waals surface area contributed by atoms with Crippen LogP contribution in [0.2, 0.25) is 0 Å². The molecule has 0 amide bonds. The summed E-state index contributed by atoms with van der Waals surface area (Å²) in [5, 5.41) is 2.05. The summed E-state index contributed by atoms with van der Waals surface area (Å²) in [5.41, 5.74) is 10.3. The highest BCUT2D eigenvalue weighted by Gasteiger charge is 2.12. The zero-order chi connectivity index (χ0) is 12.1. The second-order valence-electron chi connectivity index (χ2n) is 4.52. The van der Waals surface area contributed by atoms with Crippen molar-refractivity contribution in [2.75, 3.05) is 6.54 Å². The van der Waals surface area contributed by atoms with Crippen LogP contribution in [0.3, 0.4) is 0 Å². The lowest BCUT2D eigenvalue weighted by atomic mass is 10.1. The molecule has 0 unspecified atom stereocenters. The molecule has 1 aliphatic rings. The minimum absolute atomic E-state index is 1.03. The highest BCUT2D eigenvalue weighted by atomic mass is 15.7. The van der Waals surface area contributed by atoms with Gasteiger partial charge < -0.3 is 5.43 Å². The number of nitrogens with zero attached hydrogens (tertiary/aromatic N) is 1. The number of aryl methyl sites for hydroxylation is 1. The van der Waals surface area contributed by atoms with Crippen LogP contribution in [0.15, 0.2) is 30.5 Å². The molecule has 0 aromatic heterocycles. The third-order valence-corrected chi connectivity index (χ3v) is 2.97. The average Bonchev–Trinajstić information content (AvgIpc) is 2.79. The predicted molar refractivity (Wildman–Crippen MR) is 71.7 cm³/mol.